The van der Waals surface area contributed by atoms with E-state index in [1.807, 2.05) is 19.9 Å². The van der Waals surface area contributed by atoms with Crippen LogP contribution >= 0.6 is 27.5 Å². The summed E-state index contributed by atoms with van der Waals surface area (Å²) < 4.78 is 9.30. The lowest BCUT2D eigenvalue weighted by Crippen LogP contribution is -2.41. The van der Waals surface area contributed by atoms with E-state index >= 15 is 0 Å². The van der Waals surface area contributed by atoms with E-state index in [4.69, 9.17) is 21.6 Å². The van der Waals surface area contributed by atoms with Crippen molar-refractivity contribution in [2.75, 3.05) is 11.9 Å². The lowest BCUT2D eigenvalue weighted by Gasteiger charge is -2.28. The van der Waals surface area contributed by atoms with Crippen LogP contribution in [0.1, 0.15) is 46.0 Å². The summed E-state index contributed by atoms with van der Waals surface area (Å²) in [5.74, 6) is -0.155. The molecule has 0 atom stereocenters. The second kappa shape index (κ2) is 11.6. The SMILES string of the molecule is CC(C)Oc1ccc(-n2c(C(=O)Nc3ccc(C#N)cc3)c3n(c2=O)CCN(C(=O)c2ccc(Br)c(Cl)c2)C3)cc1. The van der Waals surface area contributed by atoms with E-state index in [1.54, 1.807) is 71.6 Å². The van der Waals surface area contributed by atoms with E-state index in [9.17, 15) is 14.4 Å². The van der Waals surface area contributed by atoms with E-state index in [2.05, 4.69) is 21.2 Å². The molecule has 0 saturated carbocycles. The molecule has 1 N–H and O–H groups in total. The third kappa shape index (κ3) is 5.78. The molecule has 0 spiro atoms. The van der Waals surface area contributed by atoms with E-state index in [1.165, 1.54) is 9.13 Å². The summed E-state index contributed by atoms with van der Waals surface area (Å²) >= 11 is 9.56. The van der Waals surface area contributed by atoms with Crippen molar-refractivity contribution in [2.45, 2.75) is 33.0 Å². The lowest BCUT2D eigenvalue weighted by atomic mass is 10.1. The average Bonchev–Trinajstić information content (AvgIpc) is 3.26. The normalized spacial score (nSPS) is 12.5. The van der Waals surface area contributed by atoms with Crippen molar-refractivity contribution in [2.24, 2.45) is 0 Å². The quantitative estimate of drug-likeness (QED) is 0.296. The number of hydrogen-bond acceptors (Lipinski definition) is 5. The van der Waals surface area contributed by atoms with Gasteiger partial charge in [0.1, 0.15) is 11.4 Å². The van der Waals surface area contributed by atoms with E-state index in [0.717, 1.165) is 0 Å². The van der Waals surface area contributed by atoms with Gasteiger partial charge in [0.15, 0.2) is 0 Å². The van der Waals surface area contributed by atoms with Crippen molar-refractivity contribution in [1.82, 2.24) is 14.0 Å². The van der Waals surface area contributed by atoms with Crippen LogP contribution in [-0.4, -0.2) is 38.5 Å². The van der Waals surface area contributed by atoms with Gasteiger partial charge in [-0.05, 0) is 96.5 Å². The van der Waals surface area contributed by atoms with Gasteiger partial charge in [0.05, 0.1) is 40.7 Å². The minimum Gasteiger partial charge on any atom is -0.491 e. The summed E-state index contributed by atoms with van der Waals surface area (Å²) in [5, 5.41) is 12.3. The molecule has 41 heavy (non-hydrogen) atoms. The number of aromatic nitrogens is 2. The van der Waals surface area contributed by atoms with E-state index < -0.39 is 5.91 Å². The summed E-state index contributed by atoms with van der Waals surface area (Å²) in [7, 11) is 0. The molecule has 1 aliphatic heterocycles. The maximum absolute atomic E-state index is 13.8. The molecule has 0 radical (unpaired) electrons. The summed E-state index contributed by atoms with van der Waals surface area (Å²) in [4.78, 5) is 42.5. The minimum absolute atomic E-state index is 0.0248. The molecule has 0 aliphatic carbocycles. The average molecular weight is 635 g/mol. The van der Waals surface area contributed by atoms with Crippen molar-refractivity contribution in [3.63, 3.8) is 0 Å². The topological polar surface area (TPSA) is 109 Å². The Hall–Kier alpha value is -4.33. The highest BCUT2D eigenvalue weighted by Crippen LogP contribution is 2.27. The molecular weight excluding hydrogens is 610 g/mol. The van der Waals surface area contributed by atoms with Gasteiger partial charge in [-0.2, -0.15) is 5.26 Å². The van der Waals surface area contributed by atoms with Crippen LogP contribution in [0.25, 0.3) is 5.69 Å². The standard InChI is InChI=1S/C30H25BrClN5O4/c1-18(2)41-23-10-8-22(9-11-23)37-27(28(38)34-21-6-3-19(16-33)4-7-21)26-17-35(13-14-36(26)30(37)40)29(39)20-5-12-24(31)25(32)15-20/h3-12,15,18H,13-14,17H2,1-2H3,(H,34,38). The van der Waals surface area contributed by atoms with Crippen LogP contribution in [0.4, 0.5) is 5.69 Å². The number of nitriles is 1. The number of rotatable bonds is 6. The van der Waals surface area contributed by atoms with Crippen LogP contribution in [-0.2, 0) is 13.1 Å². The predicted molar refractivity (Wildman–Crippen MR) is 159 cm³/mol. The molecule has 1 aromatic heterocycles. The van der Waals surface area contributed by atoms with Crippen molar-refractivity contribution >= 4 is 45.0 Å². The minimum atomic E-state index is -0.524. The predicted octanol–water partition coefficient (Wildman–Crippen LogP) is 5.62. The summed E-state index contributed by atoms with van der Waals surface area (Å²) in [6.45, 7) is 4.37. The molecule has 11 heteroatoms. The van der Waals surface area contributed by atoms with Crippen molar-refractivity contribution in [3.8, 4) is 17.5 Å². The first-order valence-corrected chi connectivity index (χ1v) is 14.0. The van der Waals surface area contributed by atoms with Gasteiger partial charge in [0, 0.05) is 28.8 Å². The zero-order chi connectivity index (χ0) is 29.3. The Labute approximate surface area is 249 Å². The highest BCUT2D eigenvalue weighted by Gasteiger charge is 2.32. The van der Waals surface area contributed by atoms with Crippen molar-refractivity contribution in [3.05, 3.63) is 109 Å². The first-order chi connectivity index (χ1) is 19.7. The van der Waals surface area contributed by atoms with Gasteiger partial charge in [-0.25, -0.2) is 4.79 Å². The van der Waals surface area contributed by atoms with Crippen LogP contribution in [0.3, 0.4) is 0 Å². The Morgan fingerprint density at radius 1 is 1.05 bits per heavy atom. The van der Waals surface area contributed by atoms with Gasteiger partial charge in [-0.15, -0.1) is 0 Å². The molecule has 0 bridgehead atoms. The molecular formula is C30H25BrClN5O4. The maximum Gasteiger partial charge on any atom is 0.333 e. The second-order valence-corrected chi connectivity index (χ2v) is 11.0. The van der Waals surface area contributed by atoms with E-state index in [-0.39, 0.29) is 43.0 Å². The molecule has 2 heterocycles. The van der Waals surface area contributed by atoms with Crippen LogP contribution in [0.5, 0.6) is 5.75 Å². The van der Waals surface area contributed by atoms with Crippen LogP contribution in [0.15, 0.2) is 76.0 Å². The molecule has 4 aromatic rings. The number of carbonyl (C=O) groups is 2. The van der Waals surface area contributed by atoms with Gasteiger partial charge >= 0.3 is 5.69 Å². The zero-order valence-corrected chi connectivity index (χ0v) is 24.6. The molecule has 3 aromatic carbocycles. The number of carbonyl (C=O) groups excluding carboxylic acids is 2. The summed E-state index contributed by atoms with van der Waals surface area (Å²) in [5.41, 5.74) is 1.93. The molecule has 0 fully saturated rings. The van der Waals surface area contributed by atoms with Gasteiger partial charge in [0.2, 0.25) is 0 Å². The van der Waals surface area contributed by atoms with Crippen LogP contribution in [0.2, 0.25) is 5.02 Å². The Kier molecular flexibility index (Phi) is 8.01. The van der Waals surface area contributed by atoms with Gasteiger partial charge < -0.3 is 15.0 Å². The summed E-state index contributed by atoms with van der Waals surface area (Å²) in [6, 6.07) is 20.3. The first kappa shape index (κ1) is 28.2. The van der Waals surface area contributed by atoms with Crippen LogP contribution in [0, 0.1) is 11.3 Å². The highest BCUT2D eigenvalue weighted by molar-refractivity contribution is 9.10. The van der Waals surface area contributed by atoms with Crippen LogP contribution < -0.4 is 15.7 Å². The first-order valence-electron chi connectivity index (χ1n) is 12.8. The number of halogens is 2. The maximum atomic E-state index is 13.8. The molecule has 2 amide bonds. The monoisotopic (exact) mass is 633 g/mol. The Balaban J connectivity index is 1.56. The Bertz CT molecular complexity index is 1740. The number of imidazole rings is 1. The number of fused-ring (bicyclic) bond motifs is 1. The number of hydrogen-bond donors (Lipinski definition) is 1. The third-order valence-electron chi connectivity index (χ3n) is 6.59. The Morgan fingerprint density at radius 3 is 2.39 bits per heavy atom. The van der Waals surface area contributed by atoms with Crippen molar-refractivity contribution < 1.29 is 14.3 Å². The van der Waals surface area contributed by atoms with Crippen molar-refractivity contribution in [1.29, 1.82) is 5.26 Å². The molecule has 9 nitrogen and oxygen atoms in total. The smallest absolute Gasteiger partial charge is 0.333 e. The number of ether oxygens (including phenoxy) is 1. The zero-order valence-electron chi connectivity index (χ0n) is 22.2. The Morgan fingerprint density at radius 2 is 1.76 bits per heavy atom. The van der Waals surface area contributed by atoms with E-state index in [0.29, 0.717) is 43.4 Å². The second-order valence-electron chi connectivity index (χ2n) is 9.72. The fraction of sp³-hybridized carbons (Fsp3) is 0.200. The molecule has 0 unspecified atom stereocenters. The number of anilines is 1. The molecule has 1 aliphatic rings. The molecule has 5 rings (SSSR count). The molecule has 0 saturated heterocycles. The number of benzene rings is 3. The van der Waals surface area contributed by atoms with Gasteiger partial charge in [-0.1, -0.05) is 11.6 Å². The molecule has 208 valence electrons. The number of nitrogens with zero attached hydrogens (tertiary/aromatic N) is 4. The summed E-state index contributed by atoms with van der Waals surface area (Å²) in [6.07, 6.45) is -0.0248. The lowest BCUT2D eigenvalue weighted by molar-refractivity contribution is 0.0707. The number of nitrogens with one attached hydrogen (secondary N) is 1. The number of amides is 2. The largest absolute Gasteiger partial charge is 0.491 e. The fourth-order valence-electron chi connectivity index (χ4n) is 4.68. The van der Waals surface area contributed by atoms with Gasteiger partial charge in [0.25, 0.3) is 11.8 Å². The fourth-order valence-corrected chi connectivity index (χ4v) is 5.11. The third-order valence-corrected chi connectivity index (χ3v) is 7.82. The van der Waals surface area contributed by atoms with Gasteiger partial charge in [-0.3, -0.25) is 18.7 Å². The highest BCUT2D eigenvalue weighted by atomic mass is 79.9.